The van der Waals surface area contributed by atoms with E-state index >= 15 is 0 Å². The molecule has 104 valence electrons. The van der Waals surface area contributed by atoms with Crippen LogP contribution in [0.4, 0.5) is 0 Å². The number of nitrogens with one attached hydrogen (secondary N) is 1. The van der Waals surface area contributed by atoms with Crippen LogP contribution in [0, 0.1) is 12.3 Å². The molecule has 0 aliphatic heterocycles. The van der Waals surface area contributed by atoms with Crippen molar-refractivity contribution in [3.05, 3.63) is 33.8 Å². The maximum Gasteiger partial charge on any atom is 0.0601 e. The van der Waals surface area contributed by atoms with Crippen molar-refractivity contribution < 1.29 is 0 Å². The average molecular weight is 323 g/mol. The second-order valence-electron chi connectivity index (χ2n) is 4.97. The lowest BCUT2D eigenvalue weighted by Crippen LogP contribution is -2.23. The zero-order chi connectivity index (χ0) is 14.3. The van der Waals surface area contributed by atoms with E-state index in [4.69, 9.17) is 6.42 Å². The van der Waals surface area contributed by atoms with Crippen molar-refractivity contribution in [3.63, 3.8) is 0 Å². The van der Waals surface area contributed by atoms with Gasteiger partial charge >= 0.3 is 0 Å². The SMILES string of the molecule is C#CCN(CC)Cc1ccc(CNC(C)C)cc1Br. The number of halogens is 1. The van der Waals surface area contributed by atoms with Crippen LogP contribution in [0.15, 0.2) is 22.7 Å². The maximum atomic E-state index is 5.38. The molecule has 0 fully saturated rings. The highest BCUT2D eigenvalue weighted by Crippen LogP contribution is 2.20. The molecule has 0 aliphatic carbocycles. The Bertz CT molecular complexity index is 435. The minimum Gasteiger partial charge on any atom is -0.310 e. The molecular weight excluding hydrogens is 300 g/mol. The molecule has 0 atom stereocenters. The third-order valence-electron chi connectivity index (χ3n) is 2.99. The first-order chi connectivity index (χ1) is 9.06. The van der Waals surface area contributed by atoms with E-state index in [1.165, 1.54) is 11.1 Å². The van der Waals surface area contributed by atoms with Gasteiger partial charge in [0.1, 0.15) is 0 Å². The minimum atomic E-state index is 0.504. The first-order valence-corrected chi connectivity index (χ1v) is 7.52. The van der Waals surface area contributed by atoms with Crippen molar-refractivity contribution in [1.82, 2.24) is 10.2 Å². The number of benzene rings is 1. The van der Waals surface area contributed by atoms with Crippen molar-refractivity contribution in [2.75, 3.05) is 13.1 Å². The number of hydrogen-bond acceptors (Lipinski definition) is 2. The highest BCUT2D eigenvalue weighted by molar-refractivity contribution is 9.10. The summed E-state index contributed by atoms with van der Waals surface area (Å²) in [6.07, 6.45) is 5.38. The third kappa shape index (κ3) is 5.78. The summed E-state index contributed by atoms with van der Waals surface area (Å²) in [6, 6.07) is 7.05. The van der Waals surface area contributed by atoms with E-state index < -0.39 is 0 Å². The first-order valence-electron chi connectivity index (χ1n) is 6.73. The van der Waals surface area contributed by atoms with Gasteiger partial charge in [0.2, 0.25) is 0 Å². The van der Waals surface area contributed by atoms with Crippen LogP contribution in [0.2, 0.25) is 0 Å². The van der Waals surface area contributed by atoms with Gasteiger partial charge in [0.05, 0.1) is 6.54 Å². The Morgan fingerprint density at radius 3 is 2.68 bits per heavy atom. The van der Waals surface area contributed by atoms with Crippen molar-refractivity contribution in [2.24, 2.45) is 0 Å². The quantitative estimate of drug-likeness (QED) is 0.774. The van der Waals surface area contributed by atoms with Gasteiger partial charge in [-0.15, -0.1) is 6.42 Å². The zero-order valence-electron chi connectivity index (χ0n) is 12.0. The van der Waals surface area contributed by atoms with Crippen LogP contribution in [-0.4, -0.2) is 24.0 Å². The molecule has 1 rings (SSSR count). The molecule has 2 nitrogen and oxygen atoms in total. The van der Waals surface area contributed by atoms with Crippen LogP contribution in [0.5, 0.6) is 0 Å². The van der Waals surface area contributed by atoms with Crippen LogP contribution < -0.4 is 5.32 Å². The Hall–Kier alpha value is -0.820. The van der Waals surface area contributed by atoms with Gasteiger partial charge in [-0.3, -0.25) is 4.90 Å². The van der Waals surface area contributed by atoms with Crippen LogP contribution in [-0.2, 0) is 13.1 Å². The number of nitrogens with zero attached hydrogens (tertiary/aromatic N) is 1. The molecule has 0 heterocycles. The Labute approximate surface area is 125 Å². The number of rotatable bonds is 7. The molecule has 3 heteroatoms. The lowest BCUT2D eigenvalue weighted by molar-refractivity contribution is 0.315. The van der Waals surface area contributed by atoms with E-state index in [0.717, 1.165) is 24.1 Å². The largest absolute Gasteiger partial charge is 0.310 e. The maximum absolute atomic E-state index is 5.38. The van der Waals surface area contributed by atoms with Crippen LogP contribution in [0.25, 0.3) is 0 Å². The number of hydrogen-bond donors (Lipinski definition) is 1. The summed E-state index contributed by atoms with van der Waals surface area (Å²) in [6.45, 7) is 9.89. The fourth-order valence-electron chi connectivity index (χ4n) is 1.80. The lowest BCUT2D eigenvalue weighted by Gasteiger charge is -2.19. The summed E-state index contributed by atoms with van der Waals surface area (Å²) < 4.78 is 1.16. The smallest absolute Gasteiger partial charge is 0.0601 e. The fraction of sp³-hybridized carbons (Fsp3) is 0.500. The van der Waals surface area contributed by atoms with Crippen LogP contribution >= 0.6 is 15.9 Å². The summed E-state index contributed by atoms with van der Waals surface area (Å²) >= 11 is 3.66. The molecule has 0 bridgehead atoms. The molecule has 0 spiro atoms. The molecule has 0 unspecified atom stereocenters. The van der Waals surface area contributed by atoms with Gasteiger partial charge in [0.15, 0.2) is 0 Å². The lowest BCUT2D eigenvalue weighted by atomic mass is 10.1. The second-order valence-corrected chi connectivity index (χ2v) is 5.82. The standard InChI is InChI=1S/C16H23BrN2/c1-5-9-19(6-2)12-15-8-7-14(10-16(15)17)11-18-13(3)4/h1,7-8,10,13,18H,6,9,11-12H2,2-4H3. The van der Waals surface area contributed by atoms with Gasteiger partial charge in [-0.25, -0.2) is 0 Å². The van der Waals surface area contributed by atoms with Crippen molar-refractivity contribution in [2.45, 2.75) is 39.9 Å². The van der Waals surface area contributed by atoms with E-state index in [9.17, 15) is 0 Å². The predicted molar refractivity (Wildman–Crippen MR) is 85.9 cm³/mol. The van der Waals surface area contributed by atoms with Gasteiger partial charge in [0.25, 0.3) is 0 Å². The summed E-state index contributed by atoms with van der Waals surface area (Å²) in [4.78, 5) is 2.24. The van der Waals surface area contributed by atoms with Gasteiger partial charge in [-0.2, -0.15) is 0 Å². The van der Waals surface area contributed by atoms with E-state index in [0.29, 0.717) is 12.6 Å². The topological polar surface area (TPSA) is 15.3 Å². The summed E-state index contributed by atoms with van der Waals surface area (Å²) in [5, 5.41) is 3.42. The molecule has 0 radical (unpaired) electrons. The summed E-state index contributed by atoms with van der Waals surface area (Å²) in [5.41, 5.74) is 2.58. The highest BCUT2D eigenvalue weighted by Gasteiger charge is 2.06. The van der Waals surface area contributed by atoms with E-state index in [2.05, 4.69) is 71.0 Å². The molecule has 0 saturated carbocycles. The van der Waals surface area contributed by atoms with E-state index in [-0.39, 0.29) is 0 Å². The molecule has 0 saturated heterocycles. The van der Waals surface area contributed by atoms with Gasteiger partial charge < -0.3 is 5.32 Å². The van der Waals surface area contributed by atoms with Gasteiger partial charge in [-0.05, 0) is 23.7 Å². The Kier molecular flexibility index (Phi) is 7.15. The van der Waals surface area contributed by atoms with Gasteiger partial charge in [0, 0.05) is 23.6 Å². The van der Waals surface area contributed by atoms with Crippen molar-refractivity contribution in [1.29, 1.82) is 0 Å². The third-order valence-corrected chi connectivity index (χ3v) is 3.73. The molecule has 19 heavy (non-hydrogen) atoms. The summed E-state index contributed by atoms with van der Waals surface area (Å²) in [5.74, 6) is 2.70. The normalized spacial score (nSPS) is 11.0. The minimum absolute atomic E-state index is 0.504. The van der Waals surface area contributed by atoms with Crippen molar-refractivity contribution >= 4 is 15.9 Å². The van der Waals surface area contributed by atoms with Crippen molar-refractivity contribution in [3.8, 4) is 12.3 Å². The molecule has 1 N–H and O–H groups in total. The fourth-order valence-corrected chi connectivity index (χ4v) is 2.35. The highest BCUT2D eigenvalue weighted by atomic mass is 79.9. The zero-order valence-corrected chi connectivity index (χ0v) is 13.6. The Balaban J connectivity index is 2.69. The Morgan fingerprint density at radius 2 is 2.16 bits per heavy atom. The van der Waals surface area contributed by atoms with E-state index in [1.54, 1.807) is 0 Å². The Morgan fingerprint density at radius 1 is 1.42 bits per heavy atom. The van der Waals surface area contributed by atoms with E-state index in [1.807, 2.05) is 0 Å². The predicted octanol–water partition coefficient (Wildman–Crippen LogP) is 3.40. The molecule has 0 aromatic heterocycles. The number of terminal acetylenes is 1. The molecule has 0 aliphatic rings. The molecule has 0 amide bonds. The molecular formula is C16H23BrN2. The average Bonchev–Trinajstić information content (AvgIpc) is 2.38. The molecule has 1 aromatic carbocycles. The first kappa shape index (κ1) is 16.2. The van der Waals surface area contributed by atoms with Crippen LogP contribution in [0.3, 0.4) is 0 Å². The van der Waals surface area contributed by atoms with Gasteiger partial charge in [-0.1, -0.05) is 54.8 Å². The molecule has 1 aromatic rings. The van der Waals surface area contributed by atoms with Crippen LogP contribution in [0.1, 0.15) is 31.9 Å². The second kappa shape index (κ2) is 8.37. The monoisotopic (exact) mass is 322 g/mol. The summed E-state index contributed by atoms with van der Waals surface area (Å²) in [7, 11) is 0.